The number of thiophene rings is 1. The largest absolute Gasteiger partial charge is 0.328 e. The molecule has 2 aromatic carbocycles. The number of Topliss-reactive ketones (excluding diaryl/α,β-unsaturated/α-hetero) is 1. The van der Waals surface area contributed by atoms with Crippen LogP contribution in [0.1, 0.15) is 23.3 Å². The first kappa shape index (κ1) is 21.7. The molecule has 1 amide bonds. The molecule has 2 heterocycles. The van der Waals surface area contributed by atoms with Crippen LogP contribution in [0.15, 0.2) is 72.4 Å². The Labute approximate surface area is 200 Å². The van der Waals surface area contributed by atoms with Gasteiger partial charge in [-0.25, -0.2) is 4.39 Å². The van der Waals surface area contributed by atoms with Crippen LogP contribution in [-0.4, -0.2) is 27.7 Å². The number of rotatable bonds is 7. The Morgan fingerprint density at radius 3 is 2.55 bits per heavy atom. The molecule has 1 saturated carbocycles. The molecular formula is C26H21FN2O2S2. The first-order valence-corrected chi connectivity index (χ1v) is 12.0. The van der Waals surface area contributed by atoms with Gasteiger partial charge in [-0.3, -0.25) is 14.5 Å². The van der Waals surface area contributed by atoms with E-state index in [1.54, 1.807) is 18.2 Å². The van der Waals surface area contributed by atoms with E-state index in [0.29, 0.717) is 12.1 Å². The number of carbonyl (C=O) groups excluding carboxylic acids is 2. The SMILES string of the molecule is O=C(C1CC1)C(Cc1ccccc1)N1C(=O)/C(=C\c2ccc(-c3ccc(F)cc3)s2)NC1=S. The highest BCUT2D eigenvalue weighted by Gasteiger charge is 2.44. The van der Waals surface area contributed by atoms with Crippen molar-refractivity contribution >= 4 is 46.4 Å². The summed E-state index contributed by atoms with van der Waals surface area (Å²) in [5.41, 5.74) is 2.26. The van der Waals surface area contributed by atoms with Gasteiger partial charge in [-0.05, 0) is 66.5 Å². The van der Waals surface area contributed by atoms with Crippen LogP contribution in [-0.2, 0) is 16.0 Å². The van der Waals surface area contributed by atoms with Gasteiger partial charge in [0, 0.05) is 22.1 Å². The molecule has 4 nitrogen and oxygen atoms in total. The van der Waals surface area contributed by atoms with Crippen molar-refractivity contribution in [2.75, 3.05) is 0 Å². The molecule has 7 heteroatoms. The Morgan fingerprint density at radius 1 is 1.12 bits per heavy atom. The summed E-state index contributed by atoms with van der Waals surface area (Å²) < 4.78 is 13.2. The van der Waals surface area contributed by atoms with Gasteiger partial charge < -0.3 is 5.32 Å². The van der Waals surface area contributed by atoms with Crippen molar-refractivity contribution < 1.29 is 14.0 Å². The number of hydrogen-bond acceptors (Lipinski definition) is 4. The quantitative estimate of drug-likeness (QED) is 0.376. The minimum absolute atomic E-state index is 0.0119. The van der Waals surface area contributed by atoms with Crippen LogP contribution in [0.3, 0.4) is 0 Å². The zero-order valence-corrected chi connectivity index (χ0v) is 19.3. The molecule has 33 heavy (non-hydrogen) atoms. The second-order valence-corrected chi connectivity index (χ2v) is 9.76. The van der Waals surface area contributed by atoms with Crippen LogP contribution in [0.2, 0.25) is 0 Å². The Hall–Kier alpha value is -3.16. The third-order valence-corrected chi connectivity index (χ3v) is 7.22. The fraction of sp³-hybridized carbons (Fsp3) is 0.192. The fourth-order valence-electron chi connectivity index (χ4n) is 3.97. The lowest BCUT2D eigenvalue weighted by Crippen LogP contribution is -2.47. The highest BCUT2D eigenvalue weighted by molar-refractivity contribution is 7.80. The van der Waals surface area contributed by atoms with Crippen LogP contribution < -0.4 is 5.32 Å². The molecule has 1 unspecified atom stereocenters. The van der Waals surface area contributed by atoms with Gasteiger partial charge in [0.1, 0.15) is 17.6 Å². The van der Waals surface area contributed by atoms with E-state index in [9.17, 15) is 14.0 Å². The molecule has 5 rings (SSSR count). The van der Waals surface area contributed by atoms with Crippen molar-refractivity contribution in [2.24, 2.45) is 5.92 Å². The number of hydrogen-bond donors (Lipinski definition) is 1. The molecule has 0 radical (unpaired) electrons. The van der Waals surface area contributed by atoms with Gasteiger partial charge in [0.05, 0.1) is 0 Å². The zero-order valence-electron chi connectivity index (χ0n) is 17.7. The van der Waals surface area contributed by atoms with Crippen LogP contribution in [0.5, 0.6) is 0 Å². The van der Waals surface area contributed by atoms with Crippen LogP contribution in [0, 0.1) is 11.7 Å². The minimum atomic E-state index is -0.614. The van der Waals surface area contributed by atoms with Gasteiger partial charge in [0.2, 0.25) is 0 Å². The monoisotopic (exact) mass is 476 g/mol. The zero-order chi connectivity index (χ0) is 22.9. The Morgan fingerprint density at radius 2 is 1.85 bits per heavy atom. The van der Waals surface area contributed by atoms with Crippen molar-refractivity contribution in [2.45, 2.75) is 25.3 Å². The van der Waals surface area contributed by atoms with Crippen LogP contribution >= 0.6 is 23.6 Å². The predicted octanol–water partition coefficient (Wildman–Crippen LogP) is 5.20. The van der Waals surface area contributed by atoms with Gasteiger partial charge in [0.15, 0.2) is 10.9 Å². The van der Waals surface area contributed by atoms with Crippen molar-refractivity contribution in [1.29, 1.82) is 0 Å². The van der Waals surface area contributed by atoms with E-state index >= 15 is 0 Å². The fourth-order valence-corrected chi connectivity index (χ4v) is 5.25. The molecule has 3 aromatic rings. The molecule has 0 spiro atoms. The third kappa shape index (κ3) is 4.65. The van der Waals surface area contributed by atoms with Crippen LogP contribution in [0.4, 0.5) is 4.39 Å². The average molecular weight is 477 g/mol. The Balaban J connectivity index is 1.40. The number of nitrogens with one attached hydrogen (secondary N) is 1. The van der Waals surface area contributed by atoms with Crippen LogP contribution in [0.25, 0.3) is 16.5 Å². The molecule has 0 bridgehead atoms. The number of carbonyl (C=O) groups is 2. The standard InChI is InChI=1S/C26H21FN2O2S2/c27-19-10-8-17(9-11-19)23-13-12-20(33-23)15-21-25(31)29(26(32)28-21)22(24(30)18-6-7-18)14-16-4-2-1-3-5-16/h1-5,8-13,15,18,22H,6-7,14H2,(H,28,32)/b21-15+. The maximum Gasteiger partial charge on any atom is 0.277 e. The van der Waals surface area contributed by atoms with E-state index in [4.69, 9.17) is 12.2 Å². The first-order valence-electron chi connectivity index (χ1n) is 10.8. The Bertz CT molecular complexity index is 1250. The maximum atomic E-state index is 13.3. The average Bonchev–Trinajstić information content (AvgIpc) is 3.51. The number of halogens is 1. The summed E-state index contributed by atoms with van der Waals surface area (Å²) in [7, 11) is 0. The summed E-state index contributed by atoms with van der Waals surface area (Å²) in [4.78, 5) is 29.7. The normalized spacial score (nSPS) is 18.0. The number of ketones is 1. The van der Waals surface area contributed by atoms with Gasteiger partial charge >= 0.3 is 0 Å². The molecule has 1 aliphatic carbocycles. The molecule has 1 aliphatic heterocycles. The van der Waals surface area contributed by atoms with E-state index < -0.39 is 6.04 Å². The summed E-state index contributed by atoms with van der Waals surface area (Å²) in [5.74, 6) is -0.477. The van der Waals surface area contributed by atoms with Crippen molar-refractivity contribution in [3.05, 3.63) is 88.7 Å². The molecule has 2 fully saturated rings. The molecule has 1 aromatic heterocycles. The topological polar surface area (TPSA) is 49.4 Å². The number of amides is 1. The first-order chi connectivity index (χ1) is 16.0. The number of nitrogens with zero attached hydrogens (tertiary/aromatic N) is 1. The molecule has 1 N–H and O–H groups in total. The molecule has 1 atom stereocenters. The van der Waals surface area contributed by atoms with Crippen molar-refractivity contribution in [1.82, 2.24) is 10.2 Å². The lowest BCUT2D eigenvalue weighted by Gasteiger charge is -2.25. The molecule has 166 valence electrons. The molecule has 1 saturated heterocycles. The summed E-state index contributed by atoms with van der Waals surface area (Å²) in [6, 6.07) is 19.2. The summed E-state index contributed by atoms with van der Waals surface area (Å²) in [6.45, 7) is 0. The highest BCUT2D eigenvalue weighted by Crippen LogP contribution is 2.34. The number of thiocarbonyl (C=S) groups is 1. The van der Waals surface area contributed by atoms with Crippen molar-refractivity contribution in [3.63, 3.8) is 0 Å². The third-order valence-electron chi connectivity index (χ3n) is 5.84. The predicted molar refractivity (Wildman–Crippen MR) is 132 cm³/mol. The van der Waals surface area contributed by atoms with Gasteiger partial charge in [-0.2, -0.15) is 0 Å². The highest BCUT2D eigenvalue weighted by atomic mass is 32.1. The minimum Gasteiger partial charge on any atom is -0.328 e. The van der Waals surface area contributed by atoms with Crippen molar-refractivity contribution in [3.8, 4) is 10.4 Å². The van der Waals surface area contributed by atoms with Gasteiger partial charge in [-0.1, -0.05) is 42.5 Å². The Kier molecular flexibility index (Phi) is 5.91. The smallest absolute Gasteiger partial charge is 0.277 e. The van der Waals surface area contributed by atoms with E-state index in [0.717, 1.165) is 33.7 Å². The molecule has 2 aliphatic rings. The second kappa shape index (κ2) is 9.00. The van der Waals surface area contributed by atoms with E-state index in [-0.39, 0.29) is 28.5 Å². The lowest BCUT2D eigenvalue weighted by molar-refractivity contribution is -0.132. The van der Waals surface area contributed by atoms with Gasteiger partial charge in [-0.15, -0.1) is 11.3 Å². The van der Waals surface area contributed by atoms with E-state index in [2.05, 4.69) is 5.32 Å². The summed E-state index contributed by atoms with van der Waals surface area (Å²) in [6.07, 6.45) is 3.94. The summed E-state index contributed by atoms with van der Waals surface area (Å²) in [5, 5.41) is 3.27. The number of benzene rings is 2. The second-order valence-electron chi connectivity index (χ2n) is 8.25. The summed E-state index contributed by atoms with van der Waals surface area (Å²) >= 11 is 6.99. The molecular weight excluding hydrogens is 455 g/mol. The van der Waals surface area contributed by atoms with Gasteiger partial charge in [0.25, 0.3) is 5.91 Å². The van der Waals surface area contributed by atoms with E-state index in [1.165, 1.54) is 28.4 Å². The van der Waals surface area contributed by atoms with E-state index in [1.807, 2.05) is 42.5 Å². The maximum absolute atomic E-state index is 13.3. The lowest BCUT2D eigenvalue weighted by atomic mass is 9.98.